The number of rotatable bonds is 5. The molecule has 0 bridgehead atoms. The molecule has 0 fully saturated rings. The van der Waals surface area contributed by atoms with E-state index in [1.54, 1.807) is 0 Å². The number of nitrogens with zero attached hydrogens (tertiary/aromatic N) is 2. The van der Waals surface area contributed by atoms with Crippen molar-refractivity contribution in [2.24, 2.45) is 0 Å². The fourth-order valence-electron chi connectivity index (χ4n) is 3.44. The Labute approximate surface area is 133 Å². The predicted molar refractivity (Wildman–Crippen MR) is 93.4 cm³/mol. The Morgan fingerprint density at radius 2 is 1.00 bits per heavy atom. The summed E-state index contributed by atoms with van der Waals surface area (Å²) >= 11 is 0. The molecule has 22 heavy (non-hydrogen) atoms. The van der Waals surface area contributed by atoms with Crippen LogP contribution in [0, 0.1) is 13.1 Å². The largest absolute Gasteiger partial charge is 0.389 e. The quantitative estimate of drug-likeness (QED) is 0.685. The number of hydrogen-bond acceptors (Lipinski definition) is 0. The molecule has 0 aliphatic carbocycles. The van der Waals surface area contributed by atoms with Gasteiger partial charge in [0.15, 0.2) is 0 Å². The first-order valence-electron chi connectivity index (χ1n) is 7.66. The van der Waals surface area contributed by atoms with Crippen LogP contribution in [0.3, 0.4) is 0 Å². The van der Waals surface area contributed by atoms with Gasteiger partial charge in [0.05, 0.1) is 11.1 Å². The lowest BCUT2D eigenvalue weighted by atomic mass is 9.66. The monoisotopic (exact) mass is 290 g/mol. The second-order valence-electron chi connectivity index (χ2n) is 5.42. The van der Waals surface area contributed by atoms with Crippen LogP contribution in [0.2, 0.25) is 0 Å². The van der Waals surface area contributed by atoms with E-state index in [0.717, 1.165) is 11.1 Å². The van der Waals surface area contributed by atoms with Gasteiger partial charge in [0.25, 0.3) is 13.1 Å². The summed E-state index contributed by atoms with van der Waals surface area (Å²) in [6, 6.07) is 20.1. The Hall–Kier alpha value is -2.58. The Kier molecular flexibility index (Phi) is 4.64. The van der Waals surface area contributed by atoms with Crippen LogP contribution in [0.4, 0.5) is 0 Å². The summed E-state index contributed by atoms with van der Waals surface area (Å²) < 4.78 is 0. The third-order valence-corrected chi connectivity index (χ3v) is 4.65. The van der Waals surface area contributed by atoms with Crippen molar-refractivity contribution in [2.75, 3.05) is 0 Å². The summed E-state index contributed by atoms with van der Waals surface area (Å²) in [7, 11) is 0. The second kappa shape index (κ2) is 6.46. The maximum atomic E-state index is 5.93. The van der Waals surface area contributed by atoms with Crippen LogP contribution >= 0.6 is 0 Å². The van der Waals surface area contributed by atoms with Crippen LogP contribution in [0.25, 0.3) is 9.69 Å². The van der Waals surface area contributed by atoms with Crippen molar-refractivity contribution in [3.05, 3.63) is 81.5 Å². The lowest BCUT2D eigenvalue weighted by molar-refractivity contribution is 0.302. The SMILES string of the molecule is C#[N+]C(CC)(c1ccccc1)C(CC)([N+]#C)c1ccccc1. The molecule has 2 unspecified atom stereocenters. The van der Waals surface area contributed by atoms with E-state index in [1.807, 2.05) is 60.7 Å². The number of benzene rings is 2. The van der Waals surface area contributed by atoms with E-state index in [0.29, 0.717) is 12.8 Å². The lowest BCUT2D eigenvalue weighted by Gasteiger charge is -2.27. The van der Waals surface area contributed by atoms with Gasteiger partial charge in [-0.05, 0) is 0 Å². The molecule has 0 amide bonds. The molecule has 0 aromatic heterocycles. The summed E-state index contributed by atoms with van der Waals surface area (Å²) in [4.78, 5) is 8.65. The average Bonchev–Trinajstić information content (AvgIpc) is 2.61. The predicted octanol–water partition coefficient (Wildman–Crippen LogP) is 5.52. The summed E-state index contributed by atoms with van der Waals surface area (Å²) in [5.41, 5.74) is 0.665. The zero-order valence-electron chi connectivity index (χ0n) is 13.2. The Morgan fingerprint density at radius 1 is 0.682 bits per heavy atom. The highest BCUT2D eigenvalue weighted by Crippen LogP contribution is 2.51. The van der Waals surface area contributed by atoms with Crippen molar-refractivity contribution in [1.29, 1.82) is 0 Å². The molecule has 110 valence electrons. The van der Waals surface area contributed by atoms with Gasteiger partial charge in [-0.25, -0.2) is 0 Å². The smallest absolute Gasteiger partial charge is 0.0653 e. The van der Waals surface area contributed by atoms with E-state index in [1.165, 1.54) is 0 Å². The zero-order valence-corrected chi connectivity index (χ0v) is 13.2. The Balaban J connectivity index is 2.79. The first-order chi connectivity index (χ1) is 10.7. The molecule has 2 aromatic carbocycles. The van der Waals surface area contributed by atoms with Crippen molar-refractivity contribution in [1.82, 2.24) is 0 Å². The molecule has 0 N–H and O–H groups in total. The Bertz CT molecular complexity index is 630. The van der Waals surface area contributed by atoms with Gasteiger partial charge in [-0.1, -0.05) is 84.2 Å². The van der Waals surface area contributed by atoms with Crippen molar-refractivity contribution in [3.63, 3.8) is 0 Å². The van der Waals surface area contributed by atoms with Gasteiger partial charge in [-0.3, -0.25) is 0 Å². The summed E-state index contributed by atoms with van der Waals surface area (Å²) in [6.07, 6.45) is 1.41. The van der Waals surface area contributed by atoms with Gasteiger partial charge >= 0.3 is 11.1 Å². The Morgan fingerprint density at radius 3 is 1.23 bits per heavy atom. The van der Waals surface area contributed by atoms with Crippen LogP contribution in [0.15, 0.2) is 60.7 Å². The topological polar surface area (TPSA) is 8.72 Å². The maximum Gasteiger partial charge on any atom is 0.389 e. The molecule has 2 nitrogen and oxygen atoms in total. The molecule has 0 aliphatic heterocycles. The minimum atomic E-state index is -0.695. The van der Waals surface area contributed by atoms with E-state index < -0.39 is 11.1 Å². The highest BCUT2D eigenvalue weighted by atomic mass is 15.0. The minimum absolute atomic E-state index is 0.695. The van der Waals surface area contributed by atoms with E-state index in [2.05, 4.69) is 23.5 Å². The van der Waals surface area contributed by atoms with Crippen LogP contribution in [0.1, 0.15) is 37.8 Å². The highest BCUT2D eigenvalue weighted by molar-refractivity contribution is 5.44. The average molecular weight is 290 g/mol. The third kappa shape index (κ3) is 2.18. The van der Waals surface area contributed by atoms with Gasteiger partial charge < -0.3 is 0 Å². The van der Waals surface area contributed by atoms with E-state index in [9.17, 15) is 0 Å². The normalized spacial score (nSPS) is 15.8. The minimum Gasteiger partial charge on any atom is -0.0653 e. The van der Waals surface area contributed by atoms with Gasteiger partial charge in [0.2, 0.25) is 0 Å². The van der Waals surface area contributed by atoms with Crippen LogP contribution < -0.4 is 0 Å². The van der Waals surface area contributed by atoms with Gasteiger partial charge in [-0.15, -0.1) is 0 Å². The highest BCUT2D eigenvalue weighted by Gasteiger charge is 2.70. The summed E-state index contributed by atoms with van der Waals surface area (Å²) in [5, 5.41) is 0. The fraction of sp³-hybridized carbons (Fsp3) is 0.300. The summed E-state index contributed by atoms with van der Waals surface area (Å²) in [5.74, 6) is 0. The number of hydrogen-bond donors (Lipinski definition) is 0. The van der Waals surface area contributed by atoms with Gasteiger partial charge in [0.1, 0.15) is 0 Å². The van der Waals surface area contributed by atoms with Crippen LogP contribution in [-0.2, 0) is 11.1 Å². The van der Waals surface area contributed by atoms with Crippen molar-refractivity contribution < 1.29 is 0 Å². The molecule has 2 aromatic rings. The molecule has 0 aliphatic rings. The lowest BCUT2D eigenvalue weighted by Crippen LogP contribution is -2.44. The molecule has 0 saturated heterocycles. The van der Waals surface area contributed by atoms with Crippen molar-refractivity contribution in [3.8, 4) is 13.1 Å². The standard InChI is InChI=1S/C20H22N2/c1-5-19(21-3,17-13-9-7-10-14-17)20(6-2,22-4)18-15-11-8-12-16-18/h3-4,7-16H,5-6H2,1-2H3/q+2. The molecule has 2 rings (SSSR count). The second-order valence-corrected chi connectivity index (χ2v) is 5.42. The van der Waals surface area contributed by atoms with Crippen LogP contribution in [-0.4, -0.2) is 0 Å². The van der Waals surface area contributed by atoms with Crippen molar-refractivity contribution >= 4 is 0 Å². The van der Waals surface area contributed by atoms with Crippen LogP contribution in [0.5, 0.6) is 0 Å². The molecular formula is C20H22N2+2. The van der Waals surface area contributed by atoms with E-state index >= 15 is 0 Å². The summed E-state index contributed by atoms with van der Waals surface area (Å²) in [6.45, 7) is 16.0. The molecule has 0 spiro atoms. The fourth-order valence-corrected chi connectivity index (χ4v) is 3.44. The van der Waals surface area contributed by atoms with E-state index in [-0.39, 0.29) is 0 Å². The molecule has 0 saturated carbocycles. The first kappa shape index (κ1) is 15.8. The molecular weight excluding hydrogens is 268 g/mol. The molecule has 0 heterocycles. The molecule has 2 heteroatoms. The van der Waals surface area contributed by atoms with Gasteiger partial charge in [0, 0.05) is 12.8 Å². The van der Waals surface area contributed by atoms with Gasteiger partial charge in [-0.2, -0.15) is 0 Å². The maximum absolute atomic E-state index is 5.93. The molecule has 0 radical (unpaired) electrons. The van der Waals surface area contributed by atoms with Crippen molar-refractivity contribution in [2.45, 2.75) is 37.8 Å². The van der Waals surface area contributed by atoms with E-state index in [4.69, 9.17) is 13.1 Å². The molecule has 2 atom stereocenters. The third-order valence-electron chi connectivity index (χ3n) is 4.65. The zero-order chi connectivity index (χ0) is 16.1. The first-order valence-corrected chi connectivity index (χ1v) is 7.66.